The van der Waals surface area contributed by atoms with E-state index in [1.165, 1.54) is 180 Å². The number of carbonyl (C=O) groups excluding carboxylic acids is 1. The number of hydrogen-bond acceptors (Lipinski definition) is 3. The number of rotatable bonds is 50. The highest BCUT2D eigenvalue weighted by atomic mass is 16.3. The maximum Gasteiger partial charge on any atom is 0.220 e. The molecule has 0 fully saturated rings. The first-order valence-electron chi connectivity index (χ1n) is 27.8. The molecule has 2 atom stereocenters. The number of carbonyl (C=O) groups is 1. The van der Waals surface area contributed by atoms with Crippen LogP contribution in [-0.2, 0) is 4.79 Å². The SMILES string of the molecule is CC/C=C\C/C=C\C/C=C\C/C=C\CCCCCCCCCCC(=O)NC(CO)C(O)/C=C/CC/C=C/CC/C=C/CCCCCCCCCCCCCCCCCCCCCCC. The lowest BCUT2D eigenvalue weighted by molar-refractivity contribution is -0.123. The summed E-state index contributed by atoms with van der Waals surface area (Å²) in [5, 5.41) is 23.1. The minimum atomic E-state index is -0.880. The predicted molar refractivity (Wildman–Crippen MR) is 285 cm³/mol. The molecule has 0 aliphatic heterocycles. The van der Waals surface area contributed by atoms with Gasteiger partial charge in [0, 0.05) is 6.42 Å². The Labute approximate surface area is 399 Å². The predicted octanol–water partition coefficient (Wildman–Crippen LogP) is 18.4. The molecule has 370 valence electrons. The van der Waals surface area contributed by atoms with E-state index in [4.69, 9.17) is 0 Å². The molecule has 64 heavy (non-hydrogen) atoms. The first kappa shape index (κ1) is 61.6. The first-order valence-corrected chi connectivity index (χ1v) is 27.8. The van der Waals surface area contributed by atoms with Crippen molar-refractivity contribution in [2.75, 3.05) is 6.61 Å². The molecule has 0 heterocycles. The van der Waals surface area contributed by atoms with Crippen molar-refractivity contribution < 1.29 is 15.0 Å². The van der Waals surface area contributed by atoms with Gasteiger partial charge >= 0.3 is 0 Å². The normalized spacial score (nSPS) is 13.5. The third-order valence-corrected chi connectivity index (χ3v) is 12.3. The molecule has 4 nitrogen and oxygen atoms in total. The molecule has 0 spiro atoms. The van der Waals surface area contributed by atoms with Gasteiger partial charge in [0.2, 0.25) is 5.91 Å². The van der Waals surface area contributed by atoms with E-state index >= 15 is 0 Å². The standard InChI is InChI=1S/C60H107NO3/c1-3-5-7-9-11-13-15-17-19-21-23-25-26-27-28-29-30-31-32-33-34-36-37-39-41-43-45-47-49-51-53-55-59(63)58(57-62)61-60(64)56-54-52-50-48-46-44-42-40-38-35-24-22-20-18-16-14-12-10-8-6-4-2/h6,8,12,14,18,20,24,35,37,39,45,47,53,55,58-59,62-63H,3-5,7,9-11,13,15-17,19,21-23,25-34,36,38,40-44,46,48-52,54,56-57H2,1-2H3,(H,61,64)/b8-6-,14-12-,20-18-,35-24-,39-37+,47-45+,55-53+. The zero-order valence-electron chi connectivity index (χ0n) is 42.5. The van der Waals surface area contributed by atoms with Gasteiger partial charge in [-0.15, -0.1) is 0 Å². The van der Waals surface area contributed by atoms with E-state index < -0.39 is 12.1 Å². The summed E-state index contributed by atoms with van der Waals surface area (Å²) in [5.41, 5.74) is 0. The molecule has 0 aromatic carbocycles. The summed E-state index contributed by atoms with van der Waals surface area (Å²) in [6, 6.07) is -0.656. The van der Waals surface area contributed by atoms with Crippen LogP contribution in [0.5, 0.6) is 0 Å². The average Bonchev–Trinajstić information content (AvgIpc) is 3.30. The van der Waals surface area contributed by atoms with Crippen LogP contribution in [0.3, 0.4) is 0 Å². The summed E-state index contributed by atoms with van der Waals surface area (Å²) in [6.45, 7) is 4.19. The van der Waals surface area contributed by atoms with Gasteiger partial charge in [-0.3, -0.25) is 4.79 Å². The number of unbranched alkanes of at least 4 members (excludes halogenated alkanes) is 31. The molecule has 4 heteroatoms. The average molecular weight is 891 g/mol. The van der Waals surface area contributed by atoms with Gasteiger partial charge in [0.05, 0.1) is 18.8 Å². The van der Waals surface area contributed by atoms with Crippen molar-refractivity contribution in [3.63, 3.8) is 0 Å². The van der Waals surface area contributed by atoms with E-state index in [2.05, 4.69) is 92.1 Å². The van der Waals surface area contributed by atoms with Gasteiger partial charge < -0.3 is 15.5 Å². The van der Waals surface area contributed by atoms with Crippen molar-refractivity contribution in [3.05, 3.63) is 85.1 Å². The van der Waals surface area contributed by atoms with Gasteiger partial charge in [0.1, 0.15) is 0 Å². The molecule has 0 rings (SSSR count). The molecule has 0 saturated carbocycles. The summed E-state index contributed by atoms with van der Waals surface area (Å²) in [4.78, 5) is 12.4. The zero-order chi connectivity index (χ0) is 46.3. The van der Waals surface area contributed by atoms with Gasteiger partial charge in [0.15, 0.2) is 0 Å². The Morgan fingerprint density at radius 1 is 0.391 bits per heavy atom. The van der Waals surface area contributed by atoms with Crippen LogP contribution in [0.4, 0.5) is 0 Å². The Balaban J connectivity index is 3.58. The maximum absolute atomic E-state index is 12.4. The fourth-order valence-electron chi connectivity index (χ4n) is 8.14. The van der Waals surface area contributed by atoms with Crippen molar-refractivity contribution in [2.45, 2.75) is 283 Å². The minimum absolute atomic E-state index is 0.0878. The summed E-state index contributed by atoms with van der Waals surface area (Å²) < 4.78 is 0. The van der Waals surface area contributed by atoms with E-state index in [0.717, 1.165) is 70.6 Å². The molecular formula is C60H107NO3. The number of aliphatic hydroxyl groups is 2. The summed E-state index contributed by atoms with van der Waals surface area (Å²) >= 11 is 0. The van der Waals surface area contributed by atoms with Crippen molar-refractivity contribution in [1.82, 2.24) is 5.32 Å². The van der Waals surface area contributed by atoms with Gasteiger partial charge in [-0.05, 0) is 83.5 Å². The van der Waals surface area contributed by atoms with Crippen LogP contribution in [0, 0.1) is 0 Å². The lowest BCUT2D eigenvalue weighted by Gasteiger charge is -2.19. The Hall–Kier alpha value is -2.43. The Bertz CT molecular complexity index is 1150. The van der Waals surface area contributed by atoms with Crippen LogP contribution in [0.15, 0.2) is 85.1 Å². The van der Waals surface area contributed by atoms with Crippen LogP contribution < -0.4 is 5.32 Å². The first-order chi connectivity index (χ1) is 31.7. The van der Waals surface area contributed by atoms with E-state index in [0.29, 0.717) is 6.42 Å². The third-order valence-electron chi connectivity index (χ3n) is 12.3. The summed E-state index contributed by atoms with van der Waals surface area (Å²) in [7, 11) is 0. The maximum atomic E-state index is 12.4. The van der Waals surface area contributed by atoms with Crippen molar-refractivity contribution >= 4 is 5.91 Å². The van der Waals surface area contributed by atoms with Crippen molar-refractivity contribution in [2.24, 2.45) is 0 Å². The van der Waals surface area contributed by atoms with E-state index in [1.54, 1.807) is 6.08 Å². The van der Waals surface area contributed by atoms with Crippen LogP contribution in [-0.4, -0.2) is 34.9 Å². The van der Waals surface area contributed by atoms with Gasteiger partial charge in [-0.2, -0.15) is 0 Å². The largest absolute Gasteiger partial charge is 0.394 e. The highest BCUT2D eigenvalue weighted by Gasteiger charge is 2.17. The molecule has 0 bridgehead atoms. The summed E-state index contributed by atoms with van der Waals surface area (Å²) in [6.07, 6.45) is 80.3. The van der Waals surface area contributed by atoms with Gasteiger partial charge in [-0.1, -0.05) is 266 Å². The molecule has 0 aromatic rings. The number of amides is 1. The zero-order valence-corrected chi connectivity index (χ0v) is 42.5. The topological polar surface area (TPSA) is 69.6 Å². The second kappa shape index (κ2) is 54.9. The van der Waals surface area contributed by atoms with Crippen molar-refractivity contribution in [1.29, 1.82) is 0 Å². The monoisotopic (exact) mass is 890 g/mol. The molecule has 0 aliphatic rings. The Kier molecular flexibility index (Phi) is 52.8. The Morgan fingerprint density at radius 3 is 1.09 bits per heavy atom. The van der Waals surface area contributed by atoms with E-state index in [-0.39, 0.29) is 12.5 Å². The third kappa shape index (κ3) is 50.6. The van der Waals surface area contributed by atoms with E-state index in [9.17, 15) is 15.0 Å². The van der Waals surface area contributed by atoms with Gasteiger partial charge in [0.25, 0.3) is 0 Å². The van der Waals surface area contributed by atoms with Gasteiger partial charge in [-0.25, -0.2) is 0 Å². The number of aliphatic hydroxyl groups excluding tert-OH is 2. The van der Waals surface area contributed by atoms with Crippen LogP contribution in [0.25, 0.3) is 0 Å². The van der Waals surface area contributed by atoms with Crippen molar-refractivity contribution in [3.8, 4) is 0 Å². The highest BCUT2D eigenvalue weighted by molar-refractivity contribution is 5.76. The lowest BCUT2D eigenvalue weighted by atomic mass is 10.0. The molecular weight excluding hydrogens is 783 g/mol. The smallest absolute Gasteiger partial charge is 0.220 e. The molecule has 0 aliphatic carbocycles. The second-order valence-electron chi connectivity index (χ2n) is 18.6. The van der Waals surface area contributed by atoms with Crippen LogP contribution in [0.1, 0.15) is 271 Å². The molecule has 1 amide bonds. The number of hydrogen-bond donors (Lipinski definition) is 3. The molecule has 0 aromatic heterocycles. The number of nitrogens with one attached hydrogen (secondary N) is 1. The quantitative estimate of drug-likeness (QED) is 0.0421. The second-order valence-corrected chi connectivity index (χ2v) is 18.6. The molecule has 0 radical (unpaired) electrons. The Morgan fingerprint density at radius 2 is 0.703 bits per heavy atom. The highest BCUT2D eigenvalue weighted by Crippen LogP contribution is 2.16. The lowest BCUT2D eigenvalue weighted by Crippen LogP contribution is -2.45. The fraction of sp³-hybridized carbons (Fsp3) is 0.750. The van der Waals surface area contributed by atoms with Crippen LogP contribution >= 0.6 is 0 Å². The van der Waals surface area contributed by atoms with Crippen LogP contribution in [0.2, 0.25) is 0 Å². The molecule has 2 unspecified atom stereocenters. The summed E-state index contributed by atoms with van der Waals surface area (Å²) in [5.74, 6) is -0.0878. The van der Waals surface area contributed by atoms with E-state index in [1.807, 2.05) is 6.08 Å². The molecule has 0 saturated heterocycles. The minimum Gasteiger partial charge on any atom is -0.394 e. The number of allylic oxidation sites excluding steroid dienone is 13. The molecule has 3 N–H and O–H groups in total. The fourth-order valence-corrected chi connectivity index (χ4v) is 8.14.